The van der Waals surface area contributed by atoms with Crippen LogP contribution < -0.4 is 0 Å². The number of hydrogen-bond donors (Lipinski definition) is 1. The van der Waals surface area contributed by atoms with Gasteiger partial charge in [0.15, 0.2) is 0 Å². The number of aromatic nitrogens is 2. The van der Waals surface area contributed by atoms with Gasteiger partial charge in [0, 0.05) is 25.6 Å². The molecule has 1 aliphatic rings. The van der Waals surface area contributed by atoms with Crippen molar-refractivity contribution in [3.63, 3.8) is 0 Å². The number of rotatable bonds is 3. The molecule has 1 aliphatic heterocycles. The van der Waals surface area contributed by atoms with Gasteiger partial charge in [-0.2, -0.15) is 10.2 Å². The van der Waals surface area contributed by atoms with Crippen molar-refractivity contribution >= 4 is 5.91 Å². The summed E-state index contributed by atoms with van der Waals surface area (Å²) in [5, 5.41) is 17.0. The molecule has 0 atom stereocenters. The Morgan fingerprint density at radius 3 is 2.82 bits per heavy atom. The van der Waals surface area contributed by atoms with Crippen LogP contribution in [0.25, 0.3) is 0 Å². The molecule has 1 amide bonds. The minimum Gasteiger partial charge on any atom is -0.396 e. The maximum Gasteiger partial charge on any atom is 0.255 e. The molecule has 1 fully saturated rings. The quantitative estimate of drug-likeness (QED) is 0.824. The number of likely N-dealkylation sites (tertiary alicyclic amines) is 1. The zero-order chi connectivity index (χ0) is 12.4. The third kappa shape index (κ3) is 2.29. The molecular weight excluding hydrogens is 218 g/mol. The molecule has 0 aliphatic carbocycles. The Balaban J connectivity index is 2.16. The molecule has 5 heteroatoms. The first-order chi connectivity index (χ1) is 8.15. The highest BCUT2D eigenvalue weighted by atomic mass is 16.3. The van der Waals surface area contributed by atoms with Gasteiger partial charge in [0.25, 0.3) is 5.91 Å². The molecule has 0 unspecified atom stereocenters. The number of aliphatic hydroxyl groups excluding tert-OH is 1. The molecule has 92 valence electrons. The summed E-state index contributed by atoms with van der Waals surface area (Å²) in [4.78, 5) is 13.9. The fourth-order valence-electron chi connectivity index (χ4n) is 1.98. The van der Waals surface area contributed by atoms with Crippen LogP contribution in [-0.2, 0) is 6.42 Å². The van der Waals surface area contributed by atoms with Gasteiger partial charge in [-0.3, -0.25) is 4.79 Å². The lowest BCUT2D eigenvalue weighted by Crippen LogP contribution is -2.51. The molecule has 5 nitrogen and oxygen atoms in total. The lowest BCUT2D eigenvalue weighted by atomic mass is 9.99. The summed E-state index contributed by atoms with van der Waals surface area (Å²) in [6.45, 7) is 5.22. The van der Waals surface area contributed by atoms with Crippen molar-refractivity contribution in [3.8, 4) is 0 Å². The van der Waals surface area contributed by atoms with Crippen molar-refractivity contribution in [2.45, 2.75) is 20.3 Å². The Kier molecular flexibility index (Phi) is 3.38. The molecule has 1 saturated heterocycles. The van der Waals surface area contributed by atoms with Gasteiger partial charge in [-0.05, 0) is 19.4 Å². The van der Waals surface area contributed by atoms with E-state index >= 15 is 0 Å². The maximum atomic E-state index is 12.2. The van der Waals surface area contributed by atoms with Crippen molar-refractivity contribution in [3.05, 3.63) is 23.0 Å². The van der Waals surface area contributed by atoms with E-state index in [4.69, 9.17) is 5.11 Å². The number of hydrogen-bond acceptors (Lipinski definition) is 4. The SMILES string of the molecule is CCc1nnc(C)cc1C(=O)N1CC(CO)C1. The van der Waals surface area contributed by atoms with Crippen molar-refractivity contribution in [1.29, 1.82) is 0 Å². The summed E-state index contributed by atoms with van der Waals surface area (Å²) in [6, 6.07) is 1.79. The predicted molar refractivity (Wildman–Crippen MR) is 62.6 cm³/mol. The van der Waals surface area contributed by atoms with Crippen LogP contribution in [0.1, 0.15) is 28.7 Å². The normalized spacial score (nSPS) is 15.8. The van der Waals surface area contributed by atoms with Crippen LogP contribution in [0.15, 0.2) is 6.07 Å². The van der Waals surface area contributed by atoms with Crippen molar-refractivity contribution < 1.29 is 9.90 Å². The molecule has 0 bridgehead atoms. The van der Waals surface area contributed by atoms with Crippen LogP contribution >= 0.6 is 0 Å². The molecule has 1 aromatic rings. The first-order valence-electron chi connectivity index (χ1n) is 5.89. The Labute approximate surface area is 100 Å². The predicted octanol–water partition coefficient (Wildman–Crippen LogP) is 0.412. The topological polar surface area (TPSA) is 66.3 Å². The van der Waals surface area contributed by atoms with Gasteiger partial charge in [-0.25, -0.2) is 0 Å². The molecule has 1 aromatic heterocycles. The number of aliphatic hydroxyl groups is 1. The highest BCUT2D eigenvalue weighted by molar-refractivity contribution is 5.95. The number of amides is 1. The Hall–Kier alpha value is -1.49. The molecule has 1 N–H and O–H groups in total. The van der Waals surface area contributed by atoms with Crippen LogP contribution in [0.2, 0.25) is 0 Å². The van der Waals surface area contributed by atoms with Crippen LogP contribution in [0.3, 0.4) is 0 Å². The van der Waals surface area contributed by atoms with Gasteiger partial charge in [0.05, 0.1) is 17.0 Å². The maximum absolute atomic E-state index is 12.2. The number of nitrogens with zero attached hydrogens (tertiary/aromatic N) is 3. The smallest absolute Gasteiger partial charge is 0.255 e. The average Bonchev–Trinajstić information content (AvgIpc) is 2.27. The minimum absolute atomic E-state index is 0.00421. The van der Waals surface area contributed by atoms with Crippen molar-refractivity contribution in [2.24, 2.45) is 5.92 Å². The minimum atomic E-state index is 0.00421. The van der Waals surface area contributed by atoms with E-state index in [9.17, 15) is 4.79 Å². The van der Waals surface area contributed by atoms with Crippen molar-refractivity contribution in [1.82, 2.24) is 15.1 Å². The molecule has 2 heterocycles. The number of carbonyl (C=O) groups excluding carboxylic acids is 1. The van der Waals surface area contributed by atoms with Gasteiger partial charge in [-0.15, -0.1) is 0 Å². The van der Waals surface area contributed by atoms with Crippen LogP contribution in [0.4, 0.5) is 0 Å². The first-order valence-corrected chi connectivity index (χ1v) is 5.89. The monoisotopic (exact) mass is 235 g/mol. The van der Waals surface area contributed by atoms with E-state index in [1.165, 1.54) is 0 Å². The Morgan fingerprint density at radius 1 is 1.53 bits per heavy atom. The zero-order valence-corrected chi connectivity index (χ0v) is 10.2. The number of carbonyl (C=O) groups is 1. The largest absolute Gasteiger partial charge is 0.396 e. The molecular formula is C12H17N3O2. The standard InChI is InChI=1S/C12H17N3O2/c1-3-11-10(4-8(2)13-14-11)12(17)15-5-9(6-15)7-16/h4,9,16H,3,5-7H2,1-2H3. The molecule has 17 heavy (non-hydrogen) atoms. The molecule has 0 spiro atoms. The van der Waals surface area contributed by atoms with E-state index in [-0.39, 0.29) is 18.4 Å². The van der Waals surface area contributed by atoms with Gasteiger partial charge in [-0.1, -0.05) is 6.92 Å². The van der Waals surface area contributed by atoms with E-state index in [1.54, 1.807) is 11.0 Å². The molecule has 0 aromatic carbocycles. The zero-order valence-electron chi connectivity index (χ0n) is 10.2. The van der Waals surface area contributed by atoms with Gasteiger partial charge >= 0.3 is 0 Å². The summed E-state index contributed by atoms with van der Waals surface area (Å²) >= 11 is 0. The molecule has 0 radical (unpaired) electrons. The molecule has 0 saturated carbocycles. The number of aryl methyl sites for hydroxylation is 2. The van der Waals surface area contributed by atoms with Crippen molar-refractivity contribution in [2.75, 3.05) is 19.7 Å². The summed E-state index contributed by atoms with van der Waals surface area (Å²) < 4.78 is 0. The van der Waals surface area contributed by atoms with E-state index in [2.05, 4.69) is 10.2 Å². The fourth-order valence-corrected chi connectivity index (χ4v) is 1.98. The van der Waals surface area contributed by atoms with E-state index in [1.807, 2.05) is 13.8 Å². The van der Waals surface area contributed by atoms with Gasteiger partial charge in [0.1, 0.15) is 0 Å². The van der Waals surface area contributed by atoms with Gasteiger partial charge in [0.2, 0.25) is 0 Å². The highest BCUT2D eigenvalue weighted by Crippen LogP contribution is 2.19. The van der Waals surface area contributed by atoms with Crippen LogP contribution in [0, 0.1) is 12.8 Å². The summed E-state index contributed by atoms with van der Waals surface area (Å²) in [7, 11) is 0. The highest BCUT2D eigenvalue weighted by Gasteiger charge is 2.31. The Morgan fingerprint density at radius 2 is 2.24 bits per heavy atom. The summed E-state index contributed by atoms with van der Waals surface area (Å²) in [5.41, 5.74) is 2.15. The van der Waals surface area contributed by atoms with E-state index in [0.717, 1.165) is 11.4 Å². The Bertz CT molecular complexity index is 428. The third-order valence-corrected chi connectivity index (χ3v) is 3.06. The fraction of sp³-hybridized carbons (Fsp3) is 0.583. The second-order valence-corrected chi connectivity index (χ2v) is 4.46. The molecule has 2 rings (SSSR count). The van der Waals surface area contributed by atoms with E-state index < -0.39 is 0 Å². The van der Waals surface area contributed by atoms with Crippen LogP contribution in [0.5, 0.6) is 0 Å². The summed E-state index contributed by atoms with van der Waals surface area (Å²) in [6.07, 6.45) is 0.700. The second-order valence-electron chi connectivity index (χ2n) is 4.46. The average molecular weight is 235 g/mol. The first kappa shape index (κ1) is 12.0. The van der Waals surface area contributed by atoms with E-state index in [0.29, 0.717) is 25.1 Å². The lowest BCUT2D eigenvalue weighted by molar-refractivity contribution is 0.0360. The summed E-state index contributed by atoms with van der Waals surface area (Å²) in [5.74, 6) is 0.240. The van der Waals surface area contributed by atoms with Gasteiger partial charge < -0.3 is 10.0 Å². The third-order valence-electron chi connectivity index (χ3n) is 3.06. The lowest BCUT2D eigenvalue weighted by Gasteiger charge is -2.38. The second kappa shape index (κ2) is 4.79. The van der Waals surface area contributed by atoms with Crippen LogP contribution in [-0.4, -0.2) is 45.8 Å².